The van der Waals surface area contributed by atoms with Crippen LogP contribution in [0.2, 0.25) is 0 Å². The van der Waals surface area contributed by atoms with Crippen molar-refractivity contribution in [2.75, 3.05) is 13.2 Å². The summed E-state index contributed by atoms with van der Waals surface area (Å²) in [7, 11) is 0. The first kappa shape index (κ1) is 38.9. The van der Waals surface area contributed by atoms with Crippen molar-refractivity contribution in [1.29, 1.82) is 0 Å². The minimum atomic E-state index is -2.29. The van der Waals surface area contributed by atoms with E-state index in [1.807, 2.05) is 42.5 Å². The summed E-state index contributed by atoms with van der Waals surface area (Å²) in [5.74, 6) is -3.37. The molecule has 8 N–H and O–H groups in total. The maximum Gasteiger partial charge on any atom is 0.408 e. The number of aliphatic hydroxyl groups is 4. The van der Waals surface area contributed by atoms with Crippen molar-refractivity contribution in [2.24, 2.45) is 0 Å². The predicted molar refractivity (Wildman–Crippen MR) is 184 cm³/mol. The van der Waals surface area contributed by atoms with Crippen LogP contribution < -0.4 is 16.0 Å². The minimum Gasteiger partial charge on any atom is -0.481 e. The Morgan fingerprint density at radius 1 is 0.804 bits per heavy atom. The number of carbonyl (C=O) groups is 4. The Labute approximate surface area is 295 Å². The van der Waals surface area contributed by atoms with Gasteiger partial charge < -0.3 is 51.0 Å². The molecule has 0 heterocycles. The van der Waals surface area contributed by atoms with Crippen molar-refractivity contribution in [3.8, 4) is 11.1 Å². The minimum absolute atomic E-state index is 0.0841. The molecule has 4 rings (SSSR count). The number of ether oxygens (including phenoxy) is 2. The molecular formula is C37H45N3O11. The van der Waals surface area contributed by atoms with Crippen molar-refractivity contribution in [1.82, 2.24) is 16.0 Å². The first-order chi connectivity index (χ1) is 24.2. The van der Waals surface area contributed by atoms with Crippen LogP contribution >= 0.6 is 0 Å². The number of carboxylic acid groups (broad SMARTS) is 1. The van der Waals surface area contributed by atoms with Crippen LogP contribution in [0.1, 0.15) is 55.5 Å². The first-order valence-electron chi connectivity index (χ1n) is 16.5. The van der Waals surface area contributed by atoms with Crippen LogP contribution in [0, 0.1) is 0 Å². The van der Waals surface area contributed by atoms with Crippen LogP contribution in [-0.2, 0) is 36.9 Å². The van der Waals surface area contributed by atoms with Gasteiger partial charge in [0.25, 0.3) is 5.91 Å². The van der Waals surface area contributed by atoms with E-state index >= 15 is 0 Å². The largest absolute Gasteiger partial charge is 0.481 e. The standard InChI is InChI=1S/C37H45N3O11/c1-37(2,3)51-20-29(40-36(49)50-19-23-13-9-15-25-24-14-8-7-12-22(24)16-26(23)25)34(47)39-28(18-41)31(44)32(45)33(46)35(48)38-27(17-30(42)43)21-10-5-4-6-11-21/h4-15,27-29,31-33,41,44-46H,16-20H2,1-3H3,(H,38,48)(H,39,47)(H,40,49)(H,42,43)/t27-,28-,29-,31+,32+,33-/m0/s1. The predicted octanol–water partition coefficient (Wildman–Crippen LogP) is 1.56. The van der Waals surface area contributed by atoms with Gasteiger partial charge in [-0.1, -0.05) is 72.8 Å². The third-order valence-electron chi connectivity index (χ3n) is 8.37. The highest BCUT2D eigenvalue weighted by atomic mass is 16.5. The fourth-order valence-electron chi connectivity index (χ4n) is 5.67. The second kappa shape index (κ2) is 17.4. The molecule has 6 atom stereocenters. The zero-order chi connectivity index (χ0) is 37.3. The van der Waals surface area contributed by atoms with Gasteiger partial charge in [0.1, 0.15) is 24.9 Å². The van der Waals surface area contributed by atoms with E-state index in [4.69, 9.17) is 9.47 Å². The lowest BCUT2D eigenvalue weighted by Gasteiger charge is -2.31. The van der Waals surface area contributed by atoms with Crippen molar-refractivity contribution in [3.05, 3.63) is 95.1 Å². The van der Waals surface area contributed by atoms with Gasteiger partial charge in [0, 0.05) is 0 Å². The van der Waals surface area contributed by atoms with E-state index < -0.39 is 78.9 Å². The average Bonchev–Trinajstić information content (AvgIpc) is 3.49. The van der Waals surface area contributed by atoms with Crippen molar-refractivity contribution < 1.29 is 54.2 Å². The van der Waals surface area contributed by atoms with E-state index in [1.165, 1.54) is 0 Å². The number of amides is 3. The van der Waals surface area contributed by atoms with E-state index in [0.717, 1.165) is 27.8 Å². The molecule has 1 aliphatic rings. The number of nitrogens with one attached hydrogen (secondary N) is 3. The monoisotopic (exact) mass is 707 g/mol. The van der Waals surface area contributed by atoms with Gasteiger partial charge in [-0.3, -0.25) is 14.4 Å². The molecule has 1 aliphatic carbocycles. The summed E-state index contributed by atoms with van der Waals surface area (Å²) in [6, 6.07) is 17.7. The quantitative estimate of drug-likeness (QED) is 0.0834. The maximum absolute atomic E-state index is 13.4. The second-order valence-corrected chi connectivity index (χ2v) is 13.3. The Morgan fingerprint density at radius 3 is 2.14 bits per heavy atom. The summed E-state index contributed by atoms with van der Waals surface area (Å²) in [6.45, 7) is 3.83. The van der Waals surface area contributed by atoms with Crippen LogP contribution in [0.3, 0.4) is 0 Å². The topological polar surface area (TPSA) is 224 Å². The van der Waals surface area contributed by atoms with Crippen LogP contribution in [0.25, 0.3) is 11.1 Å². The first-order valence-corrected chi connectivity index (χ1v) is 16.5. The molecule has 3 aromatic rings. The Hall–Kier alpha value is -4.86. The fourth-order valence-corrected chi connectivity index (χ4v) is 5.67. The number of aliphatic carboxylic acids is 1. The van der Waals surface area contributed by atoms with E-state index in [-0.39, 0.29) is 13.2 Å². The van der Waals surface area contributed by atoms with Crippen LogP contribution in [0.15, 0.2) is 72.8 Å². The van der Waals surface area contributed by atoms with E-state index in [2.05, 4.69) is 16.0 Å². The molecule has 0 bridgehead atoms. The fraction of sp³-hybridized carbons (Fsp3) is 0.405. The van der Waals surface area contributed by atoms with Crippen LogP contribution in [0.5, 0.6) is 0 Å². The van der Waals surface area contributed by atoms with Gasteiger partial charge in [-0.2, -0.15) is 0 Å². The van der Waals surface area contributed by atoms with Gasteiger partial charge in [0.2, 0.25) is 5.91 Å². The summed E-state index contributed by atoms with van der Waals surface area (Å²) < 4.78 is 11.2. The van der Waals surface area contributed by atoms with E-state index in [9.17, 15) is 44.7 Å². The lowest BCUT2D eigenvalue weighted by Crippen LogP contribution is -2.60. The number of hydrogen-bond donors (Lipinski definition) is 8. The second-order valence-electron chi connectivity index (χ2n) is 13.3. The zero-order valence-electron chi connectivity index (χ0n) is 28.6. The molecule has 0 saturated heterocycles. The highest BCUT2D eigenvalue weighted by Gasteiger charge is 2.38. The molecule has 3 aromatic carbocycles. The van der Waals surface area contributed by atoms with Gasteiger partial charge in [-0.15, -0.1) is 0 Å². The molecule has 0 aliphatic heterocycles. The molecule has 0 aromatic heterocycles. The number of rotatable bonds is 16. The SMILES string of the molecule is CC(C)(C)OC[C@H](NC(=O)OCc1cccc2c1Cc1ccccc1-2)C(=O)N[C@@H](CO)[C@@H](O)[C@@H](O)[C@H](O)C(=O)N[C@@H](CC(=O)O)c1ccccc1. The number of benzene rings is 3. The normalized spacial score (nSPS) is 15.6. The third kappa shape index (κ3) is 10.6. The van der Waals surface area contributed by atoms with Crippen LogP contribution in [-0.4, -0.2) is 98.6 Å². The number of hydrogen-bond acceptors (Lipinski definition) is 10. The number of alkyl carbamates (subject to hydrolysis) is 1. The van der Waals surface area contributed by atoms with Gasteiger partial charge >= 0.3 is 12.1 Å². The highest BCUT2D eigenvalue weighted by molar-refractivity contribution is 5.86. The van der Waals surface area contributed by atoms with Crippen molar-refractivity contribution in [3.63, 3.8) is 0 Å². The molecule has 0 radical (unpaired) electrons. The van der Waals surface area contributed by atoms with Crippen LogP contribution in [0.4, 0.5) is 4.79 Å². The third-order valence-corrected chi connectivity index (χ3v) is 8.37. The molecule has 0 unspecified atom stereocenters. The lowest BCUT2D eigenvalue weighted by molar-refractivity contribution is -0.145. The Kier molecular flexibility index (Phi) is 13.3. The summed E-state index contributed by atoms with van der Waals surface area (Å²) >= 11 is 0. The van der Waals surface area contributed by atoms with Crippen molar-refractivity contribution >= 4 is 23.9 Å². The summed E-state index contributed by atoms with van der Waals surface area (Å²) in [6.07, 6.45) is -7.40. The van der Waals surface area contributed by atoms with E-state index in [1.54, 1.807) is 51.1 Å². The maximum atomic E-state index is 13.4. The molecule has 14 nitrogen and oxygen atoms in total. The Balaban J connectivity index is 1.39. The Morgan fingerprint density at radius 2 is 1.47 bits per heavy atom. The molecule has 0 saturated carbocycles. The zero-order valence-corrected chi connectivity index (χ0v) is 28.6. The highest BCUT2D eigenvalue weighted by Crippen LogP contribution is 2.38. The molecule has 0 spiro atoms. The van der Waals surface area contributed by atoms with Crippen molar-refractivity contribution in [2.45, 2.75) is 82.3 Å². The summed E-state index contributed by atoms with van der Waals surface area (Å²) in [4.78, 5) is 50.6. The number of carboxylic acids is 1. The number of fused-ring (bicyclic) bond motifs is 3. The smallest absolute Gasteiger partial charge is 0.408 e. The van der Waals surface area contributed by atoms with Gasteiger partial charge in [0.05, 0.1) is 37.3 Å². The number of aliphatic hydroxyl groups excluding tert-OH is 4. The Bertz CT molecular complexity index is 1680. The summed E-state index contributed by atoms with van der Waals surface area (Å²) in [5.41, 5.74) is 4.84. The molecule has 51 heavy (non-hydrogen) atoms. The molecule has 274 valence electrons. The lowest BCUT2D eigenvalue weighted by atomic mass is 9.99. The summed E-state index contributed by atoms with van der Waals surface area (Å²) in [5, 5.41) is 58.5. The molecule has 3 amide bonds. The molecular weight excluding hydrogens is 662 g/mol. The van der Waals surface area contributed by atoms with E-state index in [0.29, 0.717) is 12.0 Å². The van der Waals surface area contributed by atoms with Gasteiger partial charge in [-0.05, 0) is 60.6 Å². The average molecular weight is 708 g/mol. The molecule has 0 fully saturated rings. The van der Waals surface area contributed by atoms with Gasteiger partial charge in [0.15, 0.2) is 6.10 Å². The van der Waals surface area contributed by atoms with Gasteiger partial charge in [-0.25, -0.2) is 4.79 Å². The number of carbonyl (C=O) groups excluding carboxylic acids is 3. The molecule has 14 heteroatoms.